The maximum Gasteiger partial charge on any atom is 0.222 e. The van der Waals surface area contributed by atoms with Crippen LogP contribution in [0.15, 0.2) is 48.8 Å². The molecule has 1 atom stereocenters. The molecule has 0 radical (unpaired) electrons. The molecule has 0 saturated carbocycles. The SMILES string of the molecule is C[C@@H]1CCNc2c(cnc(N)c2C(=N)c2cnc3ccccc3c2)/C=C/CCOCCC(=O)N1. The Morgan fingerprint density at radius 3 is 2.94 bits per heavy atom. The Morgan fingerprint density at radius 1 is 1.21 bits per heavy atom. The molecule has 3 heterocycles. The van der Waals surface area contributed by atoms with E-state index in [4.69, 9.17) is 15.9 Å². The number of pyridine rings is 2. The molecule has 5 N–H and O–H groups in total. The van der Waals surface area contributed by atoms with Gasteiger partial charge in [0.2, 0.25) is 5.91 Å². The smallest absolute Gasteiger partial charge is 0.222 e. The van der Waals surface area contributed by atoms with Gasteiger partial charge in [-0.25, -0.2) is 4.98 Å². The van der Waals surface area contributed by atoms with Crippen LogP contribution in [0.3, 0.4) is 0 Å². The highest BCUT2D eigenvalue weighted by Gasteiger charge is 2.19. The van der Waals surface area contributed by atoms with Gasteiger partial charge in [-0.3, -0.25) is 15.2 Å². The number of hydrogen-bond acceptors (Lipinski definition) is 7. The monoisotopic (exact) mass is 458 g/mol. The molecule has 8 nitrogen and oxygen atoms in total. The molecular weight excluding hydrogens is 428 g/mol. The molecule has 0 bridgehead atoms. The van der Waals surface area contributed by atoms with Crippen LogP contribution in [0, 0.1) is 5.41 Å². The normalized spacial score (nSPS) is 18.6. The van der Waals surface area contributed by atoms with Gasteiger partial charge in [-0.1, -0.05) is 30.4 Å². The molecule has 0 unspecified atom stereocenters. The molecule has 1 amide bonds. The molecule has 2 aromatic heterocycles. The van der Waals surface area contributed by atoms with Crippen molar-refractivity contribution in [3.63, 3.8) is 0 Å². The maximum atomic E-state index is 12.1. The van der Waals surface area contributed by atoms with Crippen LogP contribution in [0.4, 0.5) is 11.5 Å². The number of carbonyl (C=O) groups excluding carboxylic acids is 1. The number of nitrogen functional groups attached to an aromatic ring is 1. The fraction of sp³-hybridized carbons (Fsp3) is 0.308. The van der Waals surface area contributed by atoms with Gasteiger partial charge in [0.15, 0.2) is 0 Å². The summed E-state index contributed by atoms with van der Waals surface area (Å²) in [4.78, 5) is 21.0. The zero-order valence-corrected chi connectivity index (χ0v) is 19.3. The number of ether oxygens (including phenoxy) is 1. The van der Waals surface area contributed by atoms with Gasteiger partial charge >= 0.3 is 0 Å². The third-order valence-corrected chi connectivity index (χ3v) is 5.75. The van der Waals surface area contributed by atoms with E-state index in [1.807, 2.05) is 49.4 Å². The number of anilines is 2. The van der Waals surface area contributed by atoms with Crippen LogP contribution in [-0.2, 0) is 9.53 Å². The first kappa shape index (κ1) is 23.4. The molecule has 3 aromatic rings. The third-order valence-electron chi connectivity index (χ3n) is 5.75. The van der Waals surface area contributed by atoms with Crippen molar-refractivity contribution < 1.29 is 9.53 Å². The summed E-state index contributed by atoms with van der Waals surface area (Å²) in [6, 6.07) is 9.75. The van der Waals surface area contributed by atoms with Crippen LogP contribution in [0.5, 0.6) is 0 Å². The molecule has 1 aliphatic rings. The van der Waals surface area contributed by atoms with E-state index in [1.54, 1.807) is 12.4 Å². The van der Waals surface area contributed by atoms with Crippen LogP contribution < -0.4 is 16.4 Å². The van der Waals surface area contributed by atoms with E-state index in [2.05, 4.69) is 20.6 Å². The van der Waals surface area contributed by atoms with Crippen LogP contribution >= 0.6 is 0 Å². The number of aromatic nitrogens is 2. The van der Waals surface area contributed by atoms with Gasteiger partial charge in [-0.2, -0.15) is 0 Å². The second-order valence-electron chi connectivity index (χ2n) is 8.38. The Kier molecular flexibility index (Phi) is 7.49. The molecule has 0 aliphatic carbocycles. The van der Waals surface area contributed by atoms with Crippen LogP contribution in [0.1, 0.15) is 42.9 Å². The van der Waals surface area contributed by atoms with Crippen molar-refractivity contribution in [3.8, 4) is 0 Å². The Hall–Kier alpha value is -3.78. The number of nitrogens with one attached hydrogen (secondary N) is 3. The summed E-state index contributed by atoms with van der Waals surface area (Å²) in [5.41, 5.74) is 10.2. The van der Waals surface area contributed by atoms with E-state index in [0.29, 0.717) is 50.1 Å². The van der Waals surface area contributed by atoms with Gasteiger partial charge in [-0.05, 0) is 31.9 Å². The van der Waals surface area contributed by atoms with Crippen LogP contribution in [-0.4, -0.2) is 47.4 Å². The highest BCUT2D eigenvalue weighted by Crippen LogP contribution is 2.29. The highest BCUT2D eigenvalue weighted by molar-refractivity contribution is 6.18. The fourth-order valence-electron chi connectivity index (χ4n) is 3.92. The number of carbonyl (C=O) groups is 1. The quantitative estimate of drug-likeness (QED) is 0.433. The molecule has 34 heavy (non-hydrogen) atoms. The summed E-state index contributed by atoms with van der Waals surface area (Å²) >= 11 is 0. The summed E-state index contributed by atoms with van der Waals surface area (Å²) in [7, 11) is 0. The number of rotatable bonds is 2. The second kappa shape index (κ2) is 10.9. The molecule has 8 heteroatoms. The molecule has 0 spiro atoms. The first-order valence-corrected chi connectivity index (χ1v) is 11.5. The predicted octanol–water partition coefficient (Wildman–Crippen LogP) is 3.76. The average molecular weight is 459 g/mol. The number of fused-ring (bicyclic) bond motifs is 2. The van der Waals surface area contributed by atoms with Gasteiger partial charge < -0.3 is 21.1 Å². The second-order valence-corrected chi connectivity index (χ2v) is 8.38. The van der Waals surface area contributed by atoms with Crippen molar-refractivity contribution in [1.29, 1.82) is 5.41 Å². The van der Waals surface area contributed by atoms with E-state index >= 15 is 0 Å². The van der Waals surface area contributed by atoms with Crippen molar-refractivity contribution in [2.45, 2.75) is 32.2 Å². The molecule has 176 valence electrons. The standard InChI is InChI=1S/C26H30N6O2/c1-17-9-11-29-25-19(7-4-5-12-34-13-10-22(33)32-17)15-31-26(28)23(25)24(27)20-14-18-6-2-3-8-21(18)30-16-20/h2-4,6-8,14-17,27,29H,5,9-13H2,1H3,(H2,28,31)(H,32,33)/b7-4+,27-24?/t17-/m1/s1. The number of amides is 1. The molecule has 1 aromatic carbocycles. The van der Waals surface area contributed by atoms with E-state index in [-0.39, 0.29) is 23.5 Å². The summed E-state index contributed by atoms with van der Waals surface area (Å²) < 4.78 is 5.57. The minimum atomic E-state index is -0.0157. The van der Waals surface area contributed by atoms with Gasteiger partial charge in [0.1, 0.15) is 5.82 Å². The number of hydrogen-bond donors (Lipinski definition) is 4. The van der Waals surface area contributed by atoms with E-state index in [0.717, 1.165) is 22.2 Å². The Balaban J connectivity index is 1.69. The Bertz CT molecular complexity index is 1220. The minimum absolute atomic E-state index is 0.00380. The summed E-state index contributed by atoms with van der Waals surface area (Å²) in [5.74, 6) is 0.262. The Labute approximate surface area is 199 Å². The van der Waals surface area contributed by atoms with Crippen LogP contribution in [0.2, 0.25) is 0 Å². The Morgan fingerprint density at radius 2 is 2.06 bits per heavy atom. The summed E-state index contributed by atoms with van der Waals surface area (Å²) in [5, 5.41) is 16.4. The lowest BCUT2D eigenvalue weighted by Crippen LogP contribution is -2.34. The molecular formula is C26H30N6O2. The molecule has 0 fully saturated rings. The van der Waals surface area contributed by atoms with Crippen molar-refractivity contribution in [3.05, 3.63) is 65.5 Å². The average Bonchev–Trinajstić information content (AvgIpc) is 2.84. The zero-order valence-electron chi connectivity index (χ0n) is 19.3. The molecule has 0 saturated heterocycles. The summed E-state index contributed by atoms with van der Waals surface area (Å²) in [6.07, 6.45) is 9.15. The van der Waals surface area contributed by atoms with E-state index in [9.17, 15) is 4.79 Å². The van der Waals surface area contributed by atoms with E-state index < -0.39 is 0 Å². The van der Waals surface area contributed by atoms with Gasteiger partial charge in [0.25, 0.3) is 0 Å². The number of nitrogens with two attached hydrogens (primary N) is 1. The lowest BCUT2D eigenvalue weighted by molar-refractivity contribution is -0.122. The lowest BCUT2D eigenvalue weighted by atomic mass is 9.98. The van der Waals surface area contributed by atoms with Crippen molar-refractivity contribution in [2.75, 3.05) is 30.8 Å². The van der Waals surface area contributed by atoms with Crippen molar-refractivity contribution in [2.24, 2.45) is 0 Å². The number of benzene rings is 1. The predicted molar refractivity (Wildman–Crippen MR) is 136 cm³/mol. The minimum Gasteiger partial charge on any atom is -0.384 e. The largest absolute Gasteiger partial charge is 0.384 e. The van der Waals surface area contributed by atoms with Gasteiger partial charge in [0, 0.05) is 47.9 Å². The van der Waals surface area contributed by atoms with Gasteiger partial charge in [0.05, 0.1) is 35.7 Å². The van der Waals surface area contributed by atoms with Gasteiger partial charge in [-0.15, -0.1) is 0 Å². The first-order valence-electron chi connectivity index (χ1n) is 11.5. The number of para-hydroxylation sites is 1. The lowest BCUT2D eigenvalue weighted by Gasteiger charge is -2.19. The maximum absolute atomic E-state index is 12.1. The van der Waals surface area contributed by atoms with E-state index in [1.165, 1.54) is 0 Å². The third kappa shape index (κ3) is 5.58. The fourth-order valence-corrected chi connectivity index (χ4v) is 3.92. The zero-order chi connectivity index (χ0) is 23.9. The van der Waals surface area contributed by atoms with Crippen LogP contribution in [0.25, 0.3) is 17.0 Å². The van der Waals surface area contributed by atoms with Crippen molar-refractivity contribution >= 4 is 40.1 Å². The van der Waals surface area contributed by atoms with Crippen molar-refractivity contribution in [1.82, 2.24) is 15.3 Å². The summed E-state index contributed by atoms with van der Waals surface area (Å²) in [6.45, 7) is 3.50. The first-order chi connectivity index (χ1) is 16.5. The topological polar surface area (TPSA) is 126 Å². The highest BCUT2D eigenvalue weighted by atomic mass is 16.5. The molecule has 1 aliphatic heterocycles. The number of nitrogens with zero attached hydrogens (tertiary/aromatic N) is 2. The molecule has 4 rings (SSSR count).